The summed E-state index contributed by atoms with van der Waals surface area (Å²) in [5.41, 5.74) is 2.88. The number of nitrogens with zero attached hydrogens (tertiary/aromatic N) is 3. The Bertz CT molecular complexity index is 846. The molecular formula is C22H31FN3O2P. The Kier molecular flexibility index (Phi) is 6.72. The lowest BCUT2D eigenvalue weighted by Gasteiger charge is -2.32. The summed E-state index contributed by atoms with van der Waals surface area (Å²) in [7, 11) is 2.41. The highest BCUT2D eigenvalue weighted by Gasteiger charge is 2.42. The Hall–Kier alpha value is -1.81. The molecule has 3 atom stereocenters. The molecule has 0 spiro atoms. The molecule has 7 heteroatoms. The van der Waals surface area contributed by atoms with Crippen molar-refractivity contribution in [1.82, 2.24) is 15.0 Å². The monoisotopic (exact) mass is 419 g/mol. The van der Waals surface area contributed by atoms with Gasteiger partial charge >= 0.3 is 5.97 Å². The number of fused-ring (bicyclic) bond motifs is 1. The van der Waals surface area contributed by atoms with Crippen molar-refractivity contribution in [2.24, 2.45) is 5.92 Å². The van der Waals surface area contributed by atoms with Crippen LogP contribution in [0.5, 0.6) is 0 Å². The van der Waals surface area contributed by atoms with Gasteiger partial charge in [0.1, 0.15) is 5.69 Å². The van der Waals surface area contributed by atoms with Crippen LogP contribution in [0.15, 0.2) is 24.3 Å². The Balaban J connectivity index is 1.82. The first kappa shape index (κ1) is 21.9. The van der Waals surface area contributed by atoms with Crippen molar-refractivity contribution in [2.75, 3.05) is 0 Å². The van der Waals surface area contributed by atoms with E-state index in [2.05, 4.69) is 19.6 Å². The average molecular weight is 419 g/mol. The lowest BCUT2D eigenvalue weighted by molar-refractivity contribution is 0.0378. The second kappa shape index (κ2) is 8.91. The predicted octanol–water partition coefficient (Wildman–Crippen LogP) is 5.01. The van der Waals surface area contributed by atoms with Crippen LogP contribution < -0.4 is 0 Å². The molecule has 29 heavy (non-hydrogen) atoms. The van der Waals surface area contributed by atoms with E-state index in [1.165, 1.54) is 0 Å². The van der Waals surface area contributed by atoms with Crippen LogP contribution in [0.4, 0.5) is 4.39 Å². The van der Waals surface area contributed by atoms with E-state index in [1.54, 1.807) is 12.1 Å². The topological polar surface area (TPSA) is 57.0 Å². The van der Waals surface area contributed by atoms with E-state index in [0.29, 0.717) is 17.7 Å². The third kappa shape index (κ3) is 4.85. The number of carbonyl (C=O) groups excluding carboxylic acids is 1. The molecule has 5 nitrogen and oxygen atoms in total. The van der Waals surface area contributed by atoms with Gasteiger partial charge in [-0.1, -0.05) is 33.0 Å². The highest BCUT2D eigenvalue weighted by molar-refractivity contribution is 7.18. The minimum atomic E-state index is -1.63. The van der Waals surface area contributed by atoms with Crippen molar-refractivity contribution in [3.8, 4) is 0 Å². The second-order valence-electron chi connectivity index (χ2n) is 8.49. The van der Waals surface area contributed by atoms with Gasteiger partial charge in [0.2, 0.25) is 0 Å². The quantitative estimate of drug-likeness (QED) is 0.505. The fourth-order valence-electron chi connectivity index (χ4n) is 3.94. The van der Waals surface area contributed by atoms with Crippen molar-refractivity contribution < 1.29 is 13.9 Å². The molecule has 158 valence electrons. The number of rotatable bonds is 5. The molecule has 1 aliphatic rings. The molecule has 0 saturated carbocycles. The lowest BCUT2D eigenvalue weighted by atomic mass is 9.84. The minimum Gasteiger partial charge on any atom is -0.459 e. The Labute approximate surface area is 174 Å². The number of benzene rings is 1. The second-order valence-corrected chi connectivity index (χ2v) is 9.33. The third-order valence-corrected chi connectivity index (χ3v) is 6.21. The SMILES string of the molecule is CC(C)OC(=O)c1ccc(CC2CCCCc3c(nnn3C(C)C)C2(F)P)cc1. The highest BCUT2D eigenvalue weighted by atomic mass is 31.0. The Morgan fingerprint density at radius 1 is 1.28 bits per heavy atom. The Morgan fingerprint density at radius 2 is 1.97 bits per heavy atom. The summed E-state index contributed by atoms with van der Waals surface area (Å²) in [5.74, 6) is -0.560. The summed E-state index contributed by atoms with van der Waals surface area (Å²) in [6.07, 6.45) is 3.98. The fraction of sp³-hybridized carbons (Fsp3) is 0.591. The van der Waals surface area contributed by atoms with Crippen LogP contribution in [0, 0.1) is 5.92 Å². The predicted molar refractivity (Wildman–Crippen MR) is 115 cm³/mol. The first-order chi connectivity index (χ1) is 13.7. The van der Waals surface area contributed by atoms with Crippen LogP contribution in [-0.2, 0) is 23.0 Å². The summed E-state index contributed by atoms with van der Waals surface area (Å²) >= 11 is 0. The van der Waals surface area contributed by atoms with Crippen LogP contribution >= 0.6 is 9.24 Å². The van der Waals surface area contributed by atoms with Crippen molar-refractivity contribution >= 4 is 15.2 Å². The average Bonchev–Trinajstić information content (AvgIpc) is 3.07. The molecule has 0 N–H and O–H groups in total. The molecule has 0 fully saturated rings. The van der Waals surface area contributed by atoms with Crippen LogP contribution in [-0.4, -0.2) is 27.1 Å². The smallest absolute Gasteiger partial charge is 0.338 e. The van der Waals surface area contributed by atoms with Crippen LogP contribution in [0.1, 0.15) is 80.3 Å². The summed E-state index contributed by atoms with van der Waals surface area (Å²) in [6.45, 7) is 7.73. The minimum absolute atomic E-state index is 0.156. The maximum Gasteiger partial charge on any atom is 0.338 e. The van der Waals surface area contributed by atoms with Crippen LogP contribution in [0.25, 0.3) is 0 Å². The van der Waals surface area contributed by atoms with Gasteiger partial charge in [-0.15, -0.1) is 5.10 Å². The third-order valence-electron chi connectivity index (χ3n) is 5.47. The summed E-state index contributed by atoms with van der Waals surface area (Å²) < 4.78 is 23.1. The molecule has 3 rings (SSSR count). The zero-order valence-electron chi connectivity index (χ0n) is 17.7. The zero-order valence-corrected chi connectivity index (χ0v) is 18.8. The Morgan fingerprint density at radius 3 is 2.59 bits per heavy atom. The number of hydrogen-bond acceptors (Lipinski definition) is 4. The van der Waals surface area contributed by atoms with E-state index in [9.17, 15) is 4.79 Å². The fourth-order valence-corrected chi connectivity index (χ4v) is 4.45. The number of halogens is 1. The number of aromatic nitrogens is 3. The van der Waals surface area contributed by atoms with Crippen LogP contribution in [0.3, 0.4) is 0 Å². The molecule has 0 saturated heterocycles. The molecule has 1 aromatic heterocycles. The van der Waals surface area contributed by atoms with Gasteiger partial charge in [-0.2, -0.15) is 0 Å². The van der Waals surface area contributed by atoms with Gasteiger partial charge in [0.25, 0.3) is 0 Å². The van der Waals surface area contributed by atoms with E-state index < -0.39 is 5.41 Å². The van der Waals surface area contributed by atoms with Crippen molar-refractivity contribution in [3.05, 3.63) is 46.8 Å². The van der Waals surface area contributed by atoms with E-state index >= 15 is 4.39 Å². The van der Waals surface area contributed by atoms with Crippen molar-refractivity contribution in [3.63, 3.8) is 0 Å². The summed E-state index contributed by atoms with van der Waals surface area (Å²) in [5, 5.41) is 6.85. The molecule has 0 bridgehead atoms. The van der Waals surface area contributed by atoms with Gasteiger partial charge < -0.3 is 4.74 Å². The summed E-state index contributed by atoms with van der Waals surface area (Å²) in [4.78, 5) is 12.0. The maximum absolute atomic E-state index is 16.1. The first-order valence-electron chi connectivity index (χ1n) is 10.4. The van der Waals surface area contributed by atoms with E-state index in [1.807, 2.05) is 44.5 Å². The number of carbonyl (C=O) groups is 1. The molecule has 0 amide bonds. The van der Waals surface area contributed by atoms with Gasteiger partial charge in [0, 0.05) is 12.0 Å². The molecule has 0 radical (unpaired) electrons. The number of esters is 1. The molecule has 1 aliphatic carbocycles. The molecule has 3 unspecified atom stereocenters. The molecule has 1 aromatic carbocycles. The standard InChI is InChI=1S/C22H31FN3O2P/c1-14(2)26-19-8-6-5-7-18(22(23,29)20(19)24-25-26)13-16-9-11-17(12-10-16)21(27)28-15(3)4/h9-12,14-15,18H,5-8,13,29H2,1-4H3. The summed E-state index contributed by atoms with van der Waals surface area (Å²) in [6, 6.07) is 7.45. The van der Waals surface area contributed by atoms with E-state index in [0.717, 1.165) is 36.9 Å². The van der Waals surface area contributed by atoms with Gasteiger partial charge in [-0.3, -0.25) is 0 Å². The van der Waals surface area contributed by atoms with Crippen LogP contribution in [0.2, 0.25) is 0 Å². The van der Waals surface area contributed by atoms with Crippen molar-refractivity contribution in [1.29, 1.82) is 0 Å². The number of alkyl halides is 1. The van der Waals surface area contributed by atoms with E-state index in [-0.39, 0.29) is 24.0 Å². The van der Waals surface area contributed by atoms with Gasteiger partial charge in [-0.25, -0.2) is 13.9 Å². The van der Waals surface area contributed by atoms with Gasteiger partial charge in [-0.05, 0) is 71.1 Å². The van der Waals surface area contributed by atoms with Gasteiger partial charge in [0.05, 0.1) is 17.4 Å². The molecular weight excluding hydrogens is 388 g/mol. The largest absolute Gasteiger partial charge is 0.459 e. The highest BCUT2D eigenvalue weighted by Crippen LogP contribution is 2.46. The molecule has 2 aromatic rings. The molecule has 1 heterocycles. The van der Waals surface area contributed by atoms with E-state index in [4.69, 9.17) is 4.74 Å². The maximum atomic E-state index is 16.1. The normalized spacial score (nSPS) is 22.3. The van der Waals surface area contributed by atoms with Gasteiger partial charge in [0.15, 0.2) is 5.41 Å². The zero-order chi connectivity index (χ0) is 21.2. The first-order valence-corrected chi connectivity index (χ1v) is 11.0. The molecule has 0 aliphatic heterocycles. The lowest BCUT2D eigenvalue weighted by Crippen LogP contribution is -2.29. The number of ether oxygens (including phenoxy) is 1. The van der Waals surface area contributed by atoms with Crippen molar-refractivity contribution in [2.45, 2.75) is 77.4 Å². The number of hydrogen-bond donors (Lipinski definition) is 0.